The van der Waals surface area contributed by atoms with Crippen LogP contribution in [0.3, 0.4) is 0 Å². The Labute approximate surface area is 491 Å². The van der Waals surface area contributed by atoms with E-state index in [-0.39, 0.29) is 78.5 Å². The summed E-state index contributed by atoms with van der Waals surface area (Å²) < 4.78 is 8.37. The van der Waals surface area contributed by atoms with Crippen molar-refractivity contribution in [2.75, 3.05) is 51.1 Å². The highest BCUT2D eigenvalue weighted by Crippen LogP contribution is 2.44. The third-order valence-corrected chi connectivity index (χ3v) is 15.4. The first-order valence-electron chi connectivity index (χ1n) is 27.1. The van der Waals surface area contributed by atoms with Crippen LogP contribution < -0.4 is 36.1 Å². The van der Waals surface area contributed by atoms with Crippen LogP contribution in [0.2, 0.25) is 0 Å². The average molecular weight is 1180 g/mol. The van der Waals surface area contributed by atoms with Crippen LogP contribution in [0.25, 0.3) is 33.4 Å². The van der Waals surface area contributed by atoms with Gasteiger partial charge in [0.2, 0.25) is 34.9 Å². The molecule has 3 aliphatic rings. The summed E-state index contributed by atoms with van der Waals surface area (Å²) in [6, 6.07) is 27.0. The number of hydrogen-bond donors (Lipinski definition) is 8. The second-order valence-electron chi connectivity index (χ2n) is 20.6. The number of ketones is 1. The first-order chi connectivity index (χ1) is 40.5. The molecule has 0 spiro atoms. The highest BCUT2D eigenvalue weighted by Gasteiger charge is 2.41. The highest BCUT2D eigenvalue weighted by atomic mass is 32.2. The van der Waals surface area contributed by atoms with Crippen LogP contribution >= 0.6 is 11.8 Å². The number of rotatable bonds is 28. The number of nitrogens with one attached hydrogen (secondary N) is 4. The molecule has 6 amide bonds. The number of carboxylic acid groups (broad SMARTS) is 4. The fourth-order valence-corrected chi connectivity index (χ4v) is 10.8. The van der Waals surface area contributed by atoms with E-state index >= 15 is 0 Å². The van der Waals surface area contributed by atoms with Gasteiger partial charge in [-0.15, -0.1) is 11.8 Å². The quantitative estimate of drug-likeness (QED) is 0.00828. The number of aromatic carboxylic acids is 1. The molecule has 2 heterocycles. The van der Waals surface area contributed by atoms with E-state index in [0.29, 0.717) is 39.0 Å². The number of thioether (sulfide) groups is 1. The van der Waals surface area contributed by atoms with Crippen molar-refractivity contribution in [1.82, 2.24) is 30.7 Å². The van der Waals surface area contributed by atoms with Crippen molar-refractivity contribution in [1.29, 1.82) is 0 Å². The number of benzene rings is 5. The predicted octanol–water partition coefficient (Wildman–Crippen LogP) is 4.63. The number of unbranched alkanes of at least 4 members (excludes halogenated alkanes) is 1. The van der Waals surface area contributed by atoms with Crippen LogP contribution in [0.4, 0.5) is 5.69 Å². The molecule has 1 aliphatic carbocycles. The molecule has 0 bridgehead atoms. The SMILES string of the molecule is CC(C)c1ccc2c(-c3cc(N4C(=O)CC(SCC(NC(=O)CCC(=O)NCCCCC(C(=O)O)N(CC(=O)O)CC(=O)O)C(=O)NCNC(=O)c5ccc(C(=O)c6ccccc6)cc5)C4=O)ccc3C(=O)O)c3ccc(=[N+](C)C)cc-3oc2c1. The van der Waals surface area contributed by atoms with Crippen molar-refractivity contribution < 1.29 is 77.6 Å². The first kappa shape index (κ1) is 63.0. The minimum absolute atomic E-state index is 0.0253. The van der Waals surface area contributed by atoms with E-state index in [1.807, 2.05) is 68.9 Å². The highest BCUT2D eigenvalue weighted by molar-refractivity contribution is 8.00. The van der Waals surface area contributed by atoms with Crippen LogP contribution in [-0.4, -0.2) is 154 Å². The molecule has 0 aromatic heterocycles. The van der Waals surface area contributed by atoms with Gasteiger partial charge in [0.15, 0.2) is 5.78 Å². The molecule has 4 aromatic rings. The number of imide groups is 1. The topological polar surface area (TPSA) is 339 Å². The Balaban J connectivity index is 1.05. The number of anilines is 1. The van der Waals surface area contributed by atoms with E-state index in [9.17, 15) is 63.0 Å². The lowest BCUT2D eigenvalue weighted by Crippen LogP contribution is -2.51. The maximum Gasteiger partial charge on any atom is 0.336 e. The Morgan fingerprint density at radius 3 is 2.05 bits per heavy atom. The minimum atomic E-state index is -1.42. The van der Waals surface area contributed by atoms with Crippen LogP contribution in [-0.2, 0) is 38.4 Å². The number of nitrogens with zero attached hydrogens (tertiary/aromatic N) is 3. The normalized spacial score (nSPS) is 13.8. The fraction of sp³-hybridized carbons (Fsp3) is 0.311. The zero-order valence-electron chi connectivity index (χ0n) is 46.9. The number of carbonyl (C=O) groups excluding carboxylic acids is 7. The minimum Gasteiger partial charge on any atom is -0.480 e. The number of carbonyl (C=O) groups is 11. The monoisotopic (exact) mass is 1180 g/mol. The zero-order valence-corrected chi connectivity index (χ0v) is 47.7. The molecule has 4 aromatic carbocycles. The summed E-state index contributed by atoms with van der Waals surface area (Å²) >= 11 is 0.892. The van der Waals surface area contributed by atoms with Gasteiger partial charge >= 0.3 is 23.9 Å². The van der Waals surface area contributed by atoms with E-state index in [1.165, 1.54) is 42.5 Å². The van der Waals surface area contributed by atoms with Gasteiger partial charge in [-0.25, -0.2) is 14.3 Å². The van der Waals surface area contributed by atoms with Gasteiger partial charge in [-0.1, -0.05) is 68.4 Å². The van der Waals surface area contributed by atoms with Crippen molar-refractivity contribution in [2.24, 2.45) is 0 Å². The van der Waals surface area contributed by atoms with Crippen LogP contribution in [0, 0.1) is 0 Å². The molecule has 7 rings (SSSR count). The van der Waals surface area contributed by atoms with Crippen molar-refractivity contribution in [2.45, 2.75) is 75.6 Å². The van der Waals surface area contributed by atoms with E-state index in [1.54, 1.807) is 30.3 Å². The summed E-state index contributed by atoms with van der Waals surface area (Å²) in [4.78, 5) is 144. The Morgan fingerprint density at radius 2 is 1.40 bits per heavy atom. The Hall–Kier alpha value is -9.55. The third-order valence-electron chi connectivity index (χ3n) is 14.1. The van der Waals surface area contributed by atoms with E-state index in [2.05, 4.69) is 21.3 Å². The van der Waals surface area contributed by atoms with Gasteiger partial charge in [-0.2, -0.15) is 0 Å². The number of fused-ring (bicyclic) bond motifs is 2. The summed E-state index contributed by atoms with van der Waals surface area (Å²) in [5, 5.41) is 49.2. The number of amides is 6. The predicted molar refractivity (Wildman–Crippen MR) is 313 cm³/mol. The summed E-state index contributed by atoms with van der Waals surface area (Å²) in [5.74, 6) is -9.53. The molecular formula is C61H64N7O16S+. The van der Waals surface area contributed by atoms with Gasteiger partial charge in [0.05, 0.1) is 42.3 Å². The Bertz CT molecular complexity index is 3600. The van der Waals surface area contributed by atoms with Gasteiger partial charge in [-0.05, 0) is 78.8 Å². The summed E-state index contributed by atoms with van der Waals surface area (Å²) in [6.45, 7) is 2.01. The van der Waals surface area contributed by atoms with E-state index in [0.717, 1.165) is 32.5 Å². The molecule has 0 saturated carbocycles. The fourth-order valence-electron chi connectivity index (χ4n) is 9.61. The van der Waals surface area contributed by atoms with Gasteiger partial charge in [-0.3, -0.25) is 52.8 Å². The largest absolute Gasteiger partial charge is 0.480 e. The lowest BCUT2D eigenvalue weighted by Gasteiger charge is -2.25. The molecule has 23 nitrogen and oxygen atoms in total. The lowest BCUT2D eigenvalue weighted by atomic mass is 9.89. The summed E-state index contributed by atoms with van der Waals surface area (Å²) in [6.07, 6.45) is -0.884. The maximum absolute atomic E-state index is 14.4. The molecule has 1 saturated heterocycles. The smallest absolute Gasteiger partial charge is 0.336 e. The number of aliphatic carboxylic acids is 3. The summed E-state index contributed by atoms with van der Waals surface area (Å²) in [5.41, 5.74) is 3.68. The van der Waals surface area contributed by atoms with E-state index < -0.39 is 103 Å². The molecule has 8 N–H and O–H groups in total. The molecule has 0 radical (unpaired) electrons. The molecule has 3 unspecified atom stereocenters. The van der Waals surface area contributed by atoms with Crippen LogP contribution in [0.5, 0.6) is 0 Å². The summed E-state index contributed by atoms with van der Waals surface area (Å²) in [7, 11) is 3.74. The molecule has 3 atom stereocenters. The van der Waals surface area contributed by atoms with Crippen molar-refractivity contribution in [3.8, 4) is 22.5 Å². The van der Waals surface area contributed by atoms with Crippen molar-refractivity contribution >= 4 is 93.5 Å². The van der Waals surface area contributed by atoms with Crippen LogP contribution in [0.1, 0.15) is 100 Å². The number of carboxylic acids is 4. The lowest BCUT2D eigenvalue weighted by molar-refractivity contribution is -0.149. The van der Waals surface area contributed by atoms with Gasteiger partial charge in [0.25, 0.3) is 5.91 Å². The van der Waals surface area contributed by atoms with Gasteiger partial charge < -0.3 is 46.1 Å². The molecule has 2 aliphatic heterocycles. The average Bonchev–Trinajstić information content (AvgIpc) is 1.52. The first-order valence-corrected chi connectivity index (χ1v) is 28.1. The van der Waals surface area contributed by atoms with Gasteiger partial charge in [0.1, 0.15) is 37.5 Å². The van der Waals surface area contributed by atoms with Crippen molar-refractivity contribution in [3.63, 3.8) is 0 Å². The van der Waals surface area contributed by atoms with Gasteiger partial charge in [0, 0.05) is 70.8 Å². The number of hydrogen-bond acceptors (Lipinski definition) is 14. The van der Waals surface area contributed by atoms with Crippen LogP contribution in [0.15, 0.2) is 114 Å². The maximum atomic E-state index is 14.4. The molecule has 1 fully saturated rings. The Kier molecular flexibility index (Phi) is 21.2. The third kappa shape index (κ3) is 16.2. The van der Waals surface area contributed by atoms with E-state index in [4.69, 9.17) is 14.6 Å². The standard InChI is InChI=1S/C61H63N7O16S/c1-34(2)38-17-20-42-47(26-38)84-48-28-39(66(3)4)18-22-43(48)55(42)44-27-40(19-21-41(44)60(80)81)68-52(71)29-49(59(68)79)85-32-45(58(78)64-33-63-57(77)37-15-13-36(14-16-37)56(76)35-10-6-5-7-11-35)65-51(70)24-23-50(69)62-25-9-8-12-46(61(82)83)67(30-53(72)73)31-54(74)75/h5-7,10-11,13-22,26-28,34,45-46,49H,8-9,12,23-25,29-33H2,1-4H3,(H7-,62,63,64,65,69,70,72,73,74,75,77,78,80,81,82,83)/p+1. The molecule has 85 heavy (non-hydrogen) atoms. The molecule has 24 heteroatoms. The molecule has 444 valence electrons. The second-order valence-corrected chi connectivity index (χ2v) is 21.8. The molecular weight excluding hydrogens is 1120 g/mol. The Morgan fingerprint density at radius 1 is 0.729 bits per heavy atom. The zero-order chi connectivity index (χ0) is 61.6. The van der Waals surface area contributed by atoms with Crippen molar-refractivity contribution in [3.05, 3.63) is 142 Å². The second kappa shape index (κ2) is 28.6.